The molecule has 0 bridgehead atoms. The summed E-state index contributed by atoms with van der Waals surface area (Å²) >= 11 is 0. The monoisotopic (exact) mass is 570 g/mol. The molecule has 0 amide bonds. The molecule has 42 heavy (non-hydrogen) atoms. The molecule has 0 radical (unpaired) electrons. The Morgan fingerprint density at radius 3 is 2.57 bits per heavy atom. The number of aryl methyl sites for hydroxylation is 1. The number of pyridine rings is 1. The molecule has 2 aliphatic rings. The molecule has 2 unspecified atom stereocenters. The van der Waals surface area contributed by atoms with Gasteiger partial charge in [0.1, 0.15) is 29.7 Å². The highest BCUT2D eigenvalue weighted by molar-refractivity contribution is 5.83. The number of piperidine rings is 1. The predicted octanol–water partition coefficient (Wildman–Crippen LogP) is 6.77. The first kappa shape index (κ1) is 28.2. The first-order valence-corrected chi connectivity index (χ1v) is 15.2. The van der Waals surface area contributed by atoms with Gasteiger partial charge in [-0.2, -0.15) is 0 Å². The van der Waals surface area contributed by atoms with Gasteiger partial charge in [0.2, 0.25) is 0 Å². The molecule has 2 fully saturated rings. The SMILES string of the molecule is Cc1cnc(COc2cc(Cc3ccccc3)c3nc(C4CCCCC4C(=O)O)n(N4CCC(C)CC4)c3c2)c(F)c1. The van der Waals surface area contributed by atoms with Crippen molar-refractivity contribution in [3.05, 3.63) is 88.8 Å². The number of carboxylic acid groups (broad SMARTS) is 1. The van der Waals surface area contributed by atoms with Gasteiger partial charge in [0.25, 0.3) is 0 Å². The van der Waals surface area contributed by atoms with Gasteiger partial charge >= 0.3 is 5.97 Å². The summed E-state index contributed by atoms with van der Waals surface area (Å²) in [6.07, 6.45) is 7.82. The van der Waals surface area contributed by atoms with Crippen molar-refractivity contribution in [2.24, 2.45) is 11.8 Å². The van der Waals surface area contributed by atoms with Crippen LogP contribution in [0, 0.1) is 24.6 Å². The Balaban J connectivity index is 1.48. The normalized spacial score (nSPS) is 19.7. The van der Waals surface area contributed by atoms with Gasteiger partial charge in [0, 0.05) is 31.3 Å². The number of rotatable bonds is 8. The second-order valence-corrected chi connectivity index (χ2v) is 12.1. The molecule has 2 aromatic heterocycles. The molecule has 7 nitrogen and oxygen atoms in total. The number of halogens is 1. The smallest absolute Gasteiger partial charge is 0.307 e. The zero-order valence-corrected chi connectivity index (χ0v) is 24.4. The minimum Gasteiger partial charge on any atom is -0.487 e. The van der Waals surface area contributed by atoms with Crippen molar-refractivity contribution in [2.45, 2.75) is 71.3 Å². The number of benzene rings is 2. The zero-order chi connectivity index (χ0) is 29.2. The summed E-state index contributed by atoms with van der Waals surface area (Å²) in [7, 11) is 0. The number of aromatic nitrogens is 3. The molecule has 3 heterocycles. The quantitative estimate of drug-likeness (QED) is 0.252. The highest BCUT2D eigenvalue weighted by Crippen LogP contribution is 2.40. The summed E-state index contributed by atoms with van der Waals surface area (Å²) < 4.78 is 23.0. The number of nitrogens with zero attached hydrogens (tertiary/aromatic N) is 4. The van der Waals surface area contributed by atoms with Crippen LogP contribution in [-0.2, 0) is 17.8 Å². The third-order valence-electron chi connectivity index (χ3n) is 8.94. The van der Waals surface area contributed by atoms with E-state index >= 15 is 0 Å². The molecule has 1 saturated heterocycles. The Hall–Kier alpha value is -3.94. The van der Waals surface area contributed by atoms with E-state index < -0.39 is 11.9 Å². The van der Waals surface area contributed by atoms with Crippen LogP contribution in [0.15, 0.2) is 54.7 Å². The van der Waals surface area contributed by atoms with E-state index in [2.05, 4.69) is 33.7 Å². The standard InChI is InChI=1S/C34H39FN4O3/c1-22-12-14-38(15-13-22)39-31-19-26(42-21-30-29(35)16-23(2)20-36-30)18-25(17-24-8-4-3-5-9-24)32(31)37-33(39)27-10-6-7-11-28(27)34(40)41/h3-5,8-9,16,18-20,22,27-28H,6-7,10-15,17,21H2,1-2H3,(H,40,41). The summed E-state index contributed by atoms with van der Waals surface area (Å²) in [5.74, 6) is 0.352. The van der Waals surface area contributed by atoms with Crippen molar-refractivity contribution in [2.75, 3.05) is 18.1 Å². The van der Waals surface area contributed by atoms with Gasteiger partial charge in [-0.25, -0.2) is 14.1 Å². The number of hydrogen-bond donors (Lipinski definition) is 1. The molecule has 4 aromatic rings. The average Bonchev–Trinajstić information content (AvgIpc) is 3.37. The number of carbonyl (C=O) groups is 1. The molecule has 2 atom stereocenters. The van der Waals surface area contributed by atoms with Gasteiger partial charge in [0.05, 0.1) is 17.0 Å². The van der Waals surface area contributed by atoms with Gasteiger partial charge in [0.15, 0.2) is 0 Å². The lowest BCUT2D eigenvalue weighted by molar-refractivity contribution is -0.143. The van der Waals surface area contributed by atoms with E-state index in [0.29, 0.717) is 24.5 Å². The summed E-state index contributed by atoms with van der Waals surface area (Å²) in [4.78, 5) is 21.9. The number of ether oxygens (including phenoxy) is 1. The first-order valence-electron chi connectivity index (χ1n) is 15.2. The maximum absolute atomic E-state index is 14.6. The molecule has 220 valence electrons. The molecule has 2 aromatic carbocycles. The maximum Gasteiger partial charge on any atom is 0.307 e. The predicted molar refractivity (Wildman–Crippen MR) is 161 cm³/mol. The fraction of sp³-hybridized carbons (Fsp3) is 0.441. The number of carboxylic acids is 1. The van der Waals surface area contributed by atoms with Crippen LogP contribution in [0.3, 0.4) is 0 Å². The van der Waals surface area contributed by atoms with Crippen molar-refractivity contribution < 1.29 is 19.0 Å². The van der Waals surface area contributed by atoms with E-state index in [-0.39, 0.29) is 24.0 Å². The van der Waals surface area contributed by atoms with Crippen molar-refractivity contribution in [1.82, 2.24) is 14.6 Å². The minimum atomic E-state index is -0.744. The van der Waals surface area contributed by atoms with Crippen LogP contribution in [0.1, 0.15) is 79.6 Å². The molecule has 0 spiro atoms. The van der Waals surface area contributed by atoms with Crippen LogP contribution >= 0.6 is 0 Å². The number of fused-ring (bicyclic) bond motifs is 1. The molecule has 1 saturated carbocycles. The topological polar surface area (TPSA) is 80.5 Å². The Kier molecular flexibility index (Phi) is 8.13. The fourth-order valence-corrected chi connectivity index (χ4v) is 6.55. The van der Waals surface area contributed by atoms with Crippen molar-refractivity contribution in [3.63, 3.8) is 0 Å². The van der Waals surface area contributed by atoms with E-state index in [1.165, 1.54) is 6.07 Å². The minimum absolute atomic E-state index is 0.00827. The Morgan fingerprint density at radius 1 is 1.07 bits per heavy atom. The van der Waals surface area contributed by atoms with E-state index in [1.807, 2.05) is 37.3 Å². The average molecular weight is 571 g/mol. The van der Waals surface area contributed by atoms with Crippen LogP contribution in [0.5, 0.6) is 5.75 Å². The third kappa shape index (κ3) is 5.85. The largest absolute Gasteiger partial charge is 0.487 e. The molecule has 6 rings (SSSR count). The van der Waals surface area contributed by atoms with Crippen molar-refractivity contribution >= 4 is 17.0 Å². The van der Waals surface area contributed by atoms with Gasteiger partial charge in [-0.05, 0) is 73.8 Å². The van der Waals surface area contributed by atoms with Crippen LogP contribution < -0.4 is 9.75 Å². The Labute approximate surface area is 246 Å². The second-order valence-electron chi connectivity index (χ2n) is 12.1. The van der Waals surface area contributed by atoms with Crippen LogP contribution in [0.4, 0.5) is 4.39 Å². The lowest BCUT2D eigenvalue weighted by Crippen LogP contribution is -2.43. The fourth-order valence-electron chi connectivity index (χ4n) is 6.55. The second kappa shape index (κ2) is 12.1. The third-order valence-corrected chi connectivity index (χ3v) is 8.94. The Bertz CT molecular complexity index is 1560. The number of hydrogen-bond acceptors (Lipinski definition) is 5. The van der Waals surface area contributed by atoms with E-state index in [0.717, 1.165) is 78.7 Å². The number of aliphatic carboxylic acids is 1. The Morgan fingerprint density at radius 2 is 1.83 bits per heavy atom. The summed E-state index contributed by atoms with van der Waals surface area (Å²) in [5, 5.41) is 12.5. The molecule has 1 N–H and O–H groups in total. The summed E-state index contributed by atoms with van der Waals surface area (Å²) in [6, 6.07) is 15.7. The number of imidazole rings is 1. The molecule has 1 aliphatic carbocycles. The lowest BCUT2D eigenvalue weighted by atomic mass is 9.79. The maximum atomic E-state index is 14.6. The zero-order valence-electron chi connectivity index (χ0n) is 24.4. The highest BCUT2D eigenvalue weighted by atomic mass is 19.1. The molecular weight excluding hydrogens is 531 g/mol. The first-order chi connectivity index (χ1) is 20.4. The lowest BCUT2D eigenvalue weighted by Gasteiger charge is -2.36. The van der Waals surface area contributed by atoms with Gasteiger partial charge < -0.3 is 14.9 Å². The van der Waals surface area contributed by atoms with Crippen molar-refractivity contribution in [3.8, 4) is 5.75 Å². The molecule has 8 heteroatoms. The molecule has 1 aliphatic heterocycles. The van der Waals surface area contributed by atoms with Crippen LogP contribution in [-0.4, -0.2) is 38.8 Å². The van der Waals surface area contributed by atoms with E-state index in [4.69, 9.17) is 9.72 Å². The highest BCUT2D eigenvalue weighted by Gasteiger charge is 2.37. The van der Waals surface area contributed by atoms with Crippen LogP contribution in [0.2, 0.25) is 0 Å². The molecular formula is C34H39FN4O3. The summed E-state index contributed by atoms with van der Waals surface area (Å²) in [6.45, 7) is 5.86. The van der Waals surface area contributed by atoms with Gasteiger partial charge in [-0.1, -0.05) is 50.1 Å². The van der Waals surface area contributed by atoms with Crippen LogP contribution in [0.25, 0.3) is 11.0 Å². The van der Waals surface area contributed by atoms with Gasteiger partial charge in [-0.3, -0.25) is 9.78 Å². The summed E-state index contributed by atoms with van der Waals surface area (Å²) in [5.41, 5.74) is 4.95. The van der Waals surface area contributed by atoms with Gasteiger partial charge in [-0.15, -0.1) is 0 Å². The van der Waals surface area contributed by atoms with E-state index in [1.54, 1.807) is 6.20 Å². The van der Waals surface area contributed by atoms with Crippen molar-refractivity contribution in [1.29, 1.82) is 0 Å². The van der Waals surface area contributed by atoms with E-state index in [9.17, 15) is 14.3 Å².